The predicted octanol–water partition coefficient (Wildman–Crippen LogP) is 0.449. The number of nitrogens with zero attached hydrogens (tertiary/aromatic N) is 2. The minimum atomic E-state index is -1.20. The van der Waals surface area contributed by atoms with Gasteiger partial charge in [-0.05, 0) is 36.1 Å². The molecule has 3 atom stereocenters. The van der Waals surface area contributed by atoms with Gasteiger partial charge in [-0.3, -0.25) is 9.59 Å². The lowest BCUT2D eigenvalue weighted by Crippen LogP contribution is -3.00. The van der Waals surface area contributed by atoms with Gasteiger partial charge in [-0.25, -0.2) is 5.21 Å². The highest BCUT2D eigenvalue weighted by molar-refractivity contribution is 5.79. The molecule has 0 spiro atoms. The summed E-state index contributed by atoms with van der Waals surface area (Å²) in [7, 11) is 1.61. The van der Waals surface area contributed by atoms with Crippen molar-refractivity contribution in [2.75, 3.05) is 20.2 Å². The predicted molar refractivity (Wildman–Crippen MR) is 101 cm³/mol. The van der Waals surface area contributed by atoms with Crippen LogP contribution in [0.25, 0.3) is 0 Å². The number of quaternary nitrogens is 1. The SMILES string of the molecule is COc1ccc(CC(=O)N2CC3CC(C2)c2ccc([NH+]([O-])O)c(=O)n2C3)cc1. The van der Waals surface area contributed by atoms with Gasteiger partial charge in [-0.15, -0.1) is 0 Å². The average Bonchev–Trinajstić information content (AvgIpc) is 2.69. The minimum absolute atomic E-state index is 0.0582. The van der Waals surface area contributed by atoms with E-state index >= 15 is 0 Å². The molecule has 1 aromatic heterocycles. The summed E-state index contributed by atoms with van der Waals surface area (Å²) >= 11 is 0. The lowest BCUT2D eigenvalue weighted by Gasteiger charge is -2.43. The highest BCUT2D eigenvalue weighted by Gasteiger charge is 2.37. The number of hydrogen-bond donors (Lipinski definition) is 2. The molecule has 2 bridgehead atoms. The first-order valence-electron chi connectivity index (χ1n) is 9.34. The summed E-state index contributed by atoms with van der Waals surface area (Å²) in [6.45, 7) is 1.60. The van der Waals surface area contributed by atoms with E-state index in [-0.39, 0.29) is 23.4 Å². The molecule has 0 radical (unpaired) electrons. The monoisotopic (exact) mass is 385 g/mol. The van der Waals surface area contributed by atoms with Gasteiger partial charge in [-0.2, -0.15) is 5.23 Å². The highest BCUT2D eigenvalue weighted by atomic mass is 16.8. The number of rotatable bonds is 4. The number of amides is 1. The fourth-order valence-electron chi connectivity index (χ4n) is 4.34. The Bertz CT molecular complexity index is 938. The van der Waals surface area contributed by atoms with E-state index in [4.69, 9.17) is 4.74 Å². The van der Waals surface area contributed by atoms with E-state index in [9.17, 15) is 20.0 Å². The second kappa shape index (κ2) is 7.38. The van der Waals surface area contributed by atoms with Crippen molar-refractivity contribution in [1.82, 2.24) is 9.47 Å². The number of piperidine rings is 1. The van der Waals surface area contributed by atoms with Gasteiger partial charge in [0, 0.05) is 37.3 Å². The van der Waals surface area contributed by atoms with E-state index in [1.807, 2.05) is 29.2 Å². The van der Waals surface area contributed by atoms with E-state index in [0.29, 0.717) is 26.1 Å². The first-order chi connectivity index (χ1) is 13.5. The van der Waals surface area contributed by atoms with Gasteiger partial charge in [0.2, 0.25) is 11.6 Å². The van der Waals surface area contributed by atoms with Gasteiger partial charge in [0.1, 0.15) is 5.75 Å². The van der Waals surface area contributed by atoms with Gasteiger partial charge in [0.05, 0.1) is 13.5 Å². The molecule has 4 rings (SSSR count). The number of ether oxygens (including phenoxy) is 1. The van der Waals surface area contributed by atoms with Crippen molar-refractivity contribution in [2.45, 2.75) is 25.3 Å². The lowest BCUT2D eigenvalue weighted by molar-refractivity contribution is -0.992. The number of hydrogen-bond acceptors (Lipinski definition) is 5. The van der Waals surface area contributed by atoms with Gasteiger partial charge in [0.15, 0.2) is 0 Å². The second-order valence-electron chi connectivity index (χ2n) is 7.52. The van der Waals surface area contributed by atoms with Crippen LogP contribution in [0.4, 0.5) is 5.69 Å². The average molecular weight is 385 g/mol. The number of nitrogens with one attached hydrogen (secondary N) is 1. The lowest BCUT2D eigenvalue weighted by atomic mass is 9.83. The van der Waals surface area contributed by atoms with E-state index in [1.165, 1.54) is 6.07 Å². The second-order valence-corrected chi connectivity index (χ2v) is 7.52. The first-order valence-corrected chi connectivity index (χ1v) is 9.34. The van der Waals surface area contributed by atoms with E-state index in [1.54, 1.807) is 17.7 Å². The van der Waals surface area contributed by atoms with Crippen LogP contribution in [-0.4, -0.2) is 40.8 Å². The number of aromatic nitrogens is 1. The molecule has 1 saturated heterocycles. The van der Waals surface area contributed by atoms with Crippen LogP contribution in [-0.2, 0) is 17.8 Å². The highest BCUT2D eigenvalue weighted by Crippen LogP contribution is 2.35. The van der Waals surface area contributed by atoms with Gasteiger partial charge in [-0.1, -0.05) is 12.1 Å². The number of carbonyl (C=O) groups excluding carboxylic acids is 1. The Balaban J connectivity index is 1.51. The summed E-state index contributed by atoms with van der Waals surface area (Å²) in [4.78, 5) is 27.2. The van der Waals surface area contributed by atoms with Crippen LogP contribution in [0.15, 0.2) is 41.2 Å². The van der Waals surface area contributed by atoms with Crippen LogP contribution in [0.5, 0.6) is 5.75 Å². The Kier molecular flexibility index (Phi) is 4.92. The van der Waals surface area contributed by atoms with Crippen LogP contribution in [0.1, 0.15) is 23.6 Å². The molecule has 2 aromatic rings. The van der Waals surface area contributed by atoms with Gasteiger partial charge in [0.25, 0.3) is 0 Å². The molecule has 28 heavy (non-hydrogen) atoms. The molecule has 1 aromatic carbocycles. The molecule has 3 unspecified atom stereocenters. The molecule has 1 fully saturated rings. The Morgan fingerprint density at radius 3 is 2.64 bits per heavy atom. The number of methoxy groups -OCH3 is 1. The largest absolute Gasteiger partial charge is 0.595 e. The Morgan fingerprint density at radius 1 is 1.21 bits per heavy atom. The Labute approximate surface area is 162 Å². The summed E-state index contributed by atoms with van der Waals surface area (Å²) in [6.07, 6.45) is 1.24. The summed E-state index contributed by atoms with van der Waals surface area (Å²) in [5.74, 6) is 1.04. The first kappa shape index (κ1) is 18.7. The molecule has 1 amide bonds. The van der Waals surface area contributed by atoms with Crippen LogP contribution < -0.4 is 15.5 Å². The summed E-state index contributed by atoms with van der Waals surface area (Å²) in [6, 6.07) is 10.6. The van der Waals surface area contributed by atoms with Crippen molar-refractivity contribution >= 4 is 11.6 Å². The fourth-order valence-corrected chi connectivity index (χ4v) is 4.34. The summed E-state index contributed by atoms with van der Waals surface area (Å²) < 4.78 is 6.74. The third-order valence-electron chi connectivity index (χ3n) is 5.70. The maximum absolute atomic E-state index is 12.8. The number of fused-ring (bicyclic) bond motifs is 4. The normalized spacial score (nSPS) is 21.8. The standard InChI is InChI=1S/C20H23N3O5/c1-28-16-4-2-13(3-5-16)9-19(24)21-10-14-8-15(12-21)17-6-7-18(23(26)27)20(25)22(17)11-14/h2-7,14-15,23,26H,8-12H2,1H3. The third kappa shape index (κ3) is 3.42. The fraction of sp³-hybridized carbons (Fsp3) is 0.400. The van der Waals surface area contributed by atoms with Crippen LogP contribution in [0.3, 0.4) is 0 Å². The van der Waals surface area contributed by atoms with E-state index in [0.717, 1.165) is 23.4 Å². The number of benzene rings is 1. The van der Waals surface area contributed by atoms with E-state index in [2.05, 4.69) is 0 Å². The third-order valence-corrected chi connectivity index (χ3v) is 5.70. The topological polar surface area (TPSA) is 99.3 Å². The summed E-state index contributed by atoms with van der Waals surface area (Å²) in [5, 5.41) is 19.2. The maximum atomic E-state index is 12.8. The molecule has 8 nitrogen and oxygen atoms in total. The van der Waals surface area contributed by atoms with Crippen molar-refractivity contribution in [3.63, 3.8) is 0 Å². The smallest absolute Gasteiger partial charge is 0.315 e. The molecule has 0 saturated carbocycles. The number of carbonyl (C=O) groups is 1. The zero-order valence-corrected chi connectivity index (χ0v) is 15.6. The quantitative estimate of drug-likeness (QED) is 0.745. The maximum Gasteiger partial charge on any atom is 0.315 e. The molecule has 2 N–H and O–H groups in total. The van der Waals surface area contributed by atoms with Crippen molar-refractivity contribution in [3.05, 3.63) is 63.2 Å². The minimum Gasteiger partial charge on any atom is -0.595 e. The Hall–Kier alpha value is -2.68. The molecule has 8 heteroatoms. The molecule has 3 heterocycles. The van der Waals surface area contributed by atoms with Gasteiger partial charge >= 0.3 is 5.56 Å². The number of pyridine rings is 1. The summed E-state index contributed by atoms with van der Waals surface area (Å²) in [5.41, 5.74) is 1.12. The van der Waals surface area contributed by atoms with Crippen molar-refractivity contribution in [2.24, 2.45) is 5.92 Å². The zero-order valence-electron chi connectivity index (χ0n) is 15.6. The van der Waals surface area contributed by atoms with Crippen molar-refractivity contribution in [3.8, 4) is 5.75 Å². The van der Waals surface area contributed by atoms with Gasteiger partial charge < -0.3 is 19.4 Å². The van der Waals surface area contributed by atoms with E-state index < -0.39 is 10.8 Å². The number of likely N-dealkylation sites (tertiary alicyclic amines) is 1. The Morgan fingerprint density at radius 2 is 1.96 bits per heavy atom. The van der Waals surface area contributed by atoms with Crippen molar-refractivity contribution in [1.29, 1.82) is 0 Å². The molecule has 2 aliphatic heterocycles. The molecule has 0 aliphatic carbocycles. The van der Waals surface area contributed by atoms with Crippen LogP contribution in [0.2, 0.25) is 0 Å². The van der Waals surface area contributed by atoms with Crippen LogP contribution >= 0.6 is 0 Å². The molecular formula is C20H23N3O5. The molecule has 148 valence electrons. The zero-order chi connectivity index (χ0) is 19.8. The molecule has 2 aliphatic rings. The molecular weight excluding hydrogens is 362 g/mol. The van der Waals surface area contributed by atoms with Crippen molar-refractivity contribution < 1.29 is 20.0 Å². The van der Waals surface area contributed by atoms with Crippen LogP contribution in [0, 0.1) is 11.1 Å².